The van der Waals surface area contributed by atoms with Crippen LogP contribution < -0.4 is 5.32 Å². The third kappa shape index (κ3) is 3.30. The van der Waals surface area contributed by atoms with Crippen molar-refractivity contribution in [3.8, 4) is 0 Å². The van der Waals surface area contributed by atoms with E-state index in [1.807, 2.05) is 35.2 Å². The van der Waals surface area contributed by atoms with Crippen molar-refractivity contribution in [1.29, 1.82) is 0 Å². The molecule has 1 fully saturated rings. The maximum absolute atomic E-state index is 12.9. The number of hydrogen-bond donors (Lipinski definition) is 1. The van der Waals surface area contributed by atoms with E-state index in [0.29, 0.717) is 13.0 Å². The highest BCUT2D eigenvalue weighted by Gasteiger charge is 2.35. The molecule has 3 heterocycles. The highest BCUT2D eigenvalue weighted by molar-refractivity contribution is 7.91. The molecule has 1 saturated heterocycles. The Bertz CT molecular complexity index is 877. The molecule has 2 atom stereocenters. The second-order valence-corrected chi connectivity index (χ2v) is 9.83. The summed E-state index contributed by atoms with van der Waals surface area (Å²) in [5.74, 6) is 0.209. The van der Waals surface area contributed by atoms with Gasteiger partial charge in [-0.15, -0.1) is 11.3 Å². The molecular weight excluding hydrogens is 356 g/mol. The van der Waals surface area contributed by atoms with Crippen molar-refractivity contribution in [1.82, 2.24) is 10.2 Å². The molecule has 25 heavy (non-hydrogen) atoms. The van der Waals surface area contributed by atoms with E-state index in [9.17, 15) is 13.2 Å². The zero-order valence-electron chi connectivity index (χ0n) is 13.7. The van der Waals surface area contributed by atoms with E-state index in [1.54, 1.807) is 11.3 Å². The van der Waals surface area contributed by atoms with Gasteiger partial charge in [-0.25, -0.2) is 13.2 Å². The lowest BCUT2D eigenvalue weighted by Gasteiger charge is -2.36. The van der Waals surface area contributed by atoms with Crippen LogP contribution in [-0.4, -0.2) is 43.4 Å². The second kappa shape index (κ2) is 6.46. The Balaban J connectivity index is 1.60. The van der Waals surface area contributed by atoms with Gasteiger partial charge in [0.1, 0.15) is 0 Å². The van der Waals surface area contributed by atoms with E-state index < -0.39 is 9.84 Å². The number of benzene rings is 1. The van der Waals surface area contributed by atoms with Crippen LogP contribution in [0.4, 0.5) is 4.79 Å². The number of hydrogen-bond acceptors (Lipinski definition) is 4. The molecule has 2 aliphatic rings. The van der Waals surface area contributed by atoms with Crippen molar-refractivity contribution in [2.45, 2.75) is 24.9 Å². The van der Waals surface area contributed by atoms with E-state index in [0.717, 1.165) is 12.0 Å². The molecule has 2 aromatic rings. The summed E-state index contributed by atoms with van der Waals surface area (Å²) < 4.78 is 23.3. The van der Waals surface area contributed by atoms with Gasteiger partial charge in [0, 0.05) is 17.5 Å². The van der Waals surface area contributed by atoms with Gasteiger partial charge >= 0.3 is 6.03 Å². The maximum atomic E-state index is 12.9. The van der Waals surface area contributed by atoms with Gasteiger partial charge in [0.15, 0.2) is 9.84 Å². The molecule has 0 bridgehead atoms. The van der Waals surface area contributed by atoms with Gasteiger partial charge in [0.05, 0.1) is 17.5 Å². The normalized spacial score (nSPS) is 24.7. The van der Waals surface area contributed by atoms with E-state index in [4.69, 9.17) is 0 Å². The Morgan fingerprint density at radius 3 is 2.72 bits per heavy atom. The molecule has 0 spiro atoms. The fourth-order valence-electron chi connectivity index (χ4n) is 3.70. The van der Waals surface area contributed by atoms with Crippen LogP contribution >= 0.6 is 11.3 Å². The molecule has 0 radical (unpaired) electrons. The Morgan fingerprint density at radius 1 is 1.20 bits per heavy atom. The van der Waals surface area contributed by atoms with Crippen molar-refractivity contribution in [2.75, 3.05) is 18.1 Å². The topological polar surface area (TPSA) is 66.5 Å². The van der Waals surface area contributed by atoms with Crippen LogP contribution in [0.25, 0.3) is 0 Å². The van der Waals surface area contributed by atoms with Gasteiger partial charge in [-0.3, -0.25) is 0 Å². The van der Waals surface area contributed by atoms with Gasteiger partial charge in [0.25, 0.3) is 0 Å². The Kier molecular flexibility index (Phi) is 4.29. The molecule has 1 aromatic heterocycles. The molecule has 4 rings (SSSR count). The zero-order chi connectivity index (χ0) is 17.4. The molecule has 1 N–H and O–H groups in total. The monoisotopic (exact) mass is 376 g/mol. The van der Waals surface area contributed by atoms with Gasteiger partial charge in [-0.1, -0.05) is 30.3 Å². The Labute approximate surface area is 151 Å². The molecule has 132 valence electrons. The third-order valence-electron chi connectivity index (χ3n) is 4.90. The lowest BCUT2D eigenvalue weighted by atomic mass is 9.93. The van der Waals surface area contributed by atoms with E-state index in [1.165, 1.54) is 10.4 Å². The molecule has 0 aliphatic carbocycles. The minimum atomic E-state index is -3.01. The fourth-order valence-corrected chi connectivity index (χ4v) is 6.27. The van der Waals surface area contributed by atoms with E-state index >= 15 is 0 Å². The first kappa shape index (κ1) is 16.6. The molecular formula is C18H20N2O3S2. The van der Waals surface area contributed by atoms with Crippen LogP contribution in [0.15, 0.2) is 41.8 Å². The summed E-state index contributed by atoms with van der Waals surface area (Å²) in [6.07, 6.45) is 1.34. The third-order valence-corrected chi connectivity index (χ3v) is 7.67. The number of rotatable bonds is 2. The minimum absolute atomic E-state index is 0.0479. The predicted molar refractivity (Wildman–Crippen MR) is 98.6 cm³/mol. The van der Waals surface area contributed by atoms with Gasteiger partial charge in [-0.05, 0) is 35.4 Å². The molecule has 0 unspecified atom stereocenters. The average molecular weight is 377 g/mol. The minimum Gasteiger partial charge on any atom is -0.334 e. The summed E-state index contributed by atoms with van der Waals surface area (Å²) in [4.78, 5) is 16.1. The number of nitrogens with one attached hydrogen (secondary N) is 1. The number of sulfone groups is 1. The van der Waals surface area contributed by atoms with Gasteiger partial charge in [0.2, 0.25) is 0 Å². The number of thiophene rings is 1. The summed E-state index contributed by atoms with van der Waals surface area (Å²) in [6, 6.07) is 11.5. The highest BCUT2D eigenvalue weighted by atomic mass is 32.2. The first-order chi connectivity index (χ1) is 12.0. The highest BCUT2D eigenvalue weighted by Crippen LogP contribution is 2.37. The maximum Gasteiger partial charge on any atom is 0.318 e. The molecule has 0 saturated carbocycles. The molecule has 1 aromatic carbocycles. The first-order valence-corrected chi connectivity index (χ1v) is 11.1. The summed E-state index contributed by atoms with van der Waals surface area (Å²) in [5, 5.41) is 5.01. The molecule has 2 aliphatic heterocycles. The first-order valence-electron chi connectivity index (χ1n) is 8.42. The molecule has 5 nitrogen and oxygen atoms in total. The fraction of sp³-hybridized carbons (Fsp3) is 0.389. The lowest BCUT2D eigenvalue weighted by Crippen LogP contribution is -2.49. The van der Waals surface area contributed by atoms with Crippen molar-refractivity contribution >= 4 is 27.2 Å². The van der Waals surface area contributed by atoms with E-state index in [2.05, 4.69) is 16.8 Å². The second-order valence-electron chi connectivity index (χ2n) is 6.61. The van der Waals surface area contributed by atoms with Crippen LogP contribution in [0.3, 0.4) is 0 Å². The summed E-state index contributed by atoms with van der Waals surface area (Å²) in [7, 11) is -3.01. The largest absolute Gasteiger partial charge is 0.334 e. The van der Waals surface area contributed by atoms with Crippen molar-refractivity contribution in [3.05, 3.63) is 57.8 Å². The number of urea groups is 1. The number of nitrogens with zero attached hydrogens (tertiary/aromatic N) is 1. The lowest BCUT2D eigenvalue weighted by molar-refractivity contribution is 0.177. The average Bonchev–Trinajstić information content (AvgIpc) is 3.20. The van der Waals surface area contributed by atoms with Crippen LogP contribution in [0.1, 0.15) is 28.5 Å². The number of fused-ring (bicyclic) bond motifs is 1. The number of amides is 2. The zero-order valence-corrected chi connectivity index (χ0v) is 15.4. The van der Waals surface area contributed by atoms with Crippen molar-refractivity contribution < 1.29 is 13.2 Å². The standard InChI is InChI=1S/C18H20N2O3S2/c21-18(19-14-8-11-25(22,23)12-14)20-9-6-16-15(7-10-24-16)17(20)13-4-2-1-3-5-13/h1-5,7,10,14,17H,6,8-9,11-12H2,(H,19,21)/t14-,17+/m0/s1. The van der Waals surface area contributed by atoms with Gasteiger partial charge < -0.3 is 10.2 Å². The number of carbonyl (C=O) groups is 1. The van der Waals surface area contributed by atoms with Crippen LogP contribution in [-0.2, 0) is 16.3 Å². The van der Waals surface area contributed by atoms with Gasteiger partial charge in [-0.2, -0.15) is 0 Å². The Hall–Kier alpha value is -1.86. The van der Waals surface area contributed by atoms with Crippen LogP contribution in [0, 0.1) is 0 Å². The summed E-state index contributed by atoms with van der Waals surface area (Å²) >= 11 is 1.73. The predicted octanol–water partition coefficient (Wildman–Crippen LogP) is 2.59. The van der Waals surface area contributed by atoms with Crippen LogP contribution in [0.2, 0.25) is 0 Å². The summed E-state index contributed by atoms with van der Waals surface area (Å²) in [5.41, 5.74) is 2.26. The number of carbonyl (C=O) groups excluding carboxylic acids is 1. The Morgan fingerprint density at radius 2 is 2.00 bits per heavy atom. The molecule has 2 amide bonds. The van der Waals surface area contributed by atoms with Crippen molar-refractivity contribution in [2.24, 2.45) is 0 Å². The quantitative estimate of drug-likeness (QED) is 0.876. The van der Waals surface area contributed by atoms with Crippen molar-refractivity contribution in [3.63, 3.8) is 0 Å². The van der Waals surface area contributed by atoms with Crippen LogP contribution in [0.5, 0.6) is 0 Å². The summed E-state index contributed by atoms with van der Waals surface area (Å²) in [6.45, 7) is 0.637. The molecule has 7 heteroatoms. The SMILES string of the molecule is O=C(N[C@H]1CCS(=O)(=O)C1)N1CCc2sccc2[C@H]1c1ccccc1. The smallest absolute Gasteiger partial charge is 0.318 e. The van der Waals surface area contributed by atoms with E-state index in [-0.39, 0.29) is 29.6 Å².